The van der Waals surface area contributed by atoms with Crippen LogP contribution in [-0.4, -0.2) is 29.3 Å². The molecule has 1 aromatic rings. The Morgan fingerprint density at radius 2 is 2.35 bits per heavy atom. The maximum Gasteiger partial charge on any atom is 0.315 e. The van der Waals surface area contributed by atoms with Crippen molar-refractivity contribution in [2.24, 2.45) is 11.3 Å². The summed E-state index contributed by atoms with van der Waals surface area (Å²) in [4.78, 5) is 17.6. The molecule has 0 unspecified atom stereocenters. The third-order valence-electron chi connectivity index (χ3n) is 4.20. The number of amides is 2. The predicted molar refractivity (Wildman–Crippen MR) is 77.6 cm³/mol. The molecule has 2 amide bonds. The van der Waals surface area contributed by atoms with Crippen molar-refractivity contribution in [2.45, 2.75) is 38.6 Å². The molecular formula is C14H21N3O2S. The van der Waals surface area contributed by atoms with Gasteiger partial charge in [0, 0.05) is 23.0 Å². The van der Waals surface area contributed by atoms with Gasteiger partial charge < -0.3 is 15.7 Å². The van der Waals surface area contributed by atoms with E-state index in [0.717, 1.165) is 30.7 Å². The van der Waals surface area contributed by atoms with Crippen molar-refractivity contribution in [2.75, 3.05) is 13.2 Å². The lowest BCUT2D eigenvalue weighted by Crippen LogP contribution is -2.41. The summed E-state index contributed by atoms with van der Waals surface area (Å²) in [5.41, 5.74) is -0.0514. The molecule has 1 heterocycles. The van der Waals surface area contributed by atoms with E-state index in [4.69, 9.17) is 0 Å². The number of nitrogens with one attached hydrogen (secondary N) is 2. The largest absolute Gasteiger partial charge is 0.396 e. The standard InChI is InChI=1S/C14H21N3O2S/c1-9-6-15-12(20-9)11(10-2-3-10)17-13(19)16-7-14(8-18)4-5-14/h6,10-11,18H,2-5,7-8H2,1H3,(H2,16,17,19)/t11-/m0/s1. The Bertz CT molecular complexity index is 494. The lowest BCUT2D eigenvalue weighted by atomic mass is 10.1. The molecule has 0 saturated heterocycles. The van der Waals surface area contributed by atoms with Gasteiger partial charge in [0.2, 0.25) is 0 Å². The Morgan fingerprint density at radius 3 is 2.85 bits per heavy atom. The number of rotatable bonds is 6. The van der Waals surface area contributed by atoms with E-state index in [1.54, 1.807) is 11.3 Å². The Hall–Kier alpha value is -1.14. The SMILES string of the molecule is Cc1cnc([C@@H](NC(=O)NCC2(CO)CC2)C2CC2)s1. The monoisotopic (exact) mass is 295 g/mol. The van der Waals surface area contributed by atoms with E-state index in [9.17, 15) is 9.90 Å². The third-order valence-corrected chi connectivity index (χ3v) is 5.20. The van der Waals surface area contributed by atoms with E-state index in [1.807, 2.05) is 13.1 Å². The summed E-state index contributed by atoms with van der Waals surface area (Å²) in [7, 11) is 0. The first-order valence-corrected chi connectivity index (χ1v) is 8.01. The summed E-state index contributed by atoms with van der Waals surface area (Å²) in [6.45, 7) is 2.75. The molecule has 0 aliphatic heterocycles. The summed E-state index contributed by atoms with van der Waals surface area (Å²) in [6, 6.07) is -0.104. The van der Waals surface area contributed by atoms with Crippen LogP contribution in [0.4, 0.5) is 4.79 Å². The van der Waals surface area contributed by atoms with Gasteiger partial charge in [-0.2, -0.15) is 0 Å². The fourth-order valence-electron chi connectivity index (χ4n) is 2.35. The molecule has 2 saturated carbocycles. The van der Waals surface area contributed by atoms with E-state index in [0.29, 0.717) is 12.5 Å². The molecule has 20 heavy (non-hydrogen) atoms. The summed E-state index contributed by atoms with van der Waals surface area (Å²) in [5.74, 6) is 0.527. The summed E-state index contributed by atoms with van der Waals surface area (Å²) >= 11 is 1.65. The van der Waals surface area contributed by atoms with Gasteiger partial charge in [0.25, 0.3) is 0 Å². The number of nitrogens with zero attached hydrogens (tertiary/aromatic N) is 1. The second-order valence-corrected chi connectivity index (χ2v) is 7.38. The Labute approximate surface area is 122 Å². The number of aryl methyl sites for hydroxylation is 1. The molecule has 1 aromatic heterocycles. The van der Waals surface area contributed by atoms with Crippen LogP contribution < -0.4 is 10.6 Å². The maximum absolute atomic E-state index is 12.0. The average Bonchev–Trinajstić information content (AvgIpc) is 3.34. The summed E-state index contributed by atoms with van der Waals surface area (Å²) in [5, 5.41) is 16.2. The fraction of sp³-hybridized carbons (Fsp3) is 0.714. The Morgan fingerprint density at radius 1 is 1.60 bits per heavy atom. The van der Waals surface area contributed by atoms with Crippen LogP contribution in [0.2, 0.25) is 0 Å². The number of hydrogen-bond donors (Lipinski definition) is 3. The first-order valence-electron chi connectivity index (χ1n) is 7.19. The molecule has 0 bridgehead atoms. The zero-order chi connectivity index (χ0) is 14.2. The molecule has 0 radical (unpaired) electrons. The predicted octanol–water partition coefficient (Wildman–Crippen LogP) is 1.97. The number of aliphatic hydroxyl groups excluding tert-OH is 1. The van der Waals surface area contributed by atoms with Crippen LogP contribution in [0.25, 0.3) is 0 Å². The number of aromatic nitrogens is 1. The molecule has 110 valence electrons. The van der Waals surface area contributed by atoms with Gasteiger partial charge in [-0.1, -0.05) is 0 Å². The van der Waals surface area contributed by atoms with Crippen LogP contribution in [0, 0.1) is 18.3 Å². The highest BCUT2D eigenvalue weighted by molar-refractivity contribution is 7.11. The lowest BCUT2D eigenvalue weighted by Gasteiger charge is -2.18. The number of thiazole rings is 1. The minimum Gasteiger partial charge on any atom is -0.396 e. The molecule has 3 rings (SSSR count). The molecule has 2 aliphatic carbocycles. The minimum absolute atomic E-state index is 0.0398. The lowest BCUT2D eigenvalue weighted by molar-refractivity contribution is 0.201. The van der Waals surface area contributed by atoms with E-state index in [-0.39, 0.29) is 24.1 Å². The summed E-state index contributed by atoms with van der Waals surface area (Å²) in [6.07, 6.45) is 6.18. The van der Waals surface area contributed by atoms with Crippen LogP contribution in [0.5, 0.6) is 0 Å². The fourth-order valence-corrected chi connectivity index (χ4v) is 3.27. The molecular weight excluding hydrogens is 274 g/mol. The van der Waals surface area contributed by atoms with Crippen molar-refractivity contribution < 1.29 is 9.90 Å². The first-order chi connectivity index (χ1) is 9.62. The van der Waals surface area contributed by atoms with E-state index < -0.39 is 0 Å². The molecule has 6 heteroatoms. The topological polar surface area (TPSA) is 74.2 Å². The Kier molecular flexibility index (Phi) is 3.69. The van der Waals surface area contributed by atoms with Crippen molar-refractivity contribution in [3.05, 3.63) is 16.1 Å². The maximum atomic E-state index is 12.0. The molecule has 3 N–H and O–H groups in total. The van der Waals surface area contributed by atoms with Gasteiger partial charge in [0.1, 0.15) is 5.01 Å². The zero-order valence-corrected chi connectivity index (χ0v) is 12.5. The molecule has 5 nitrogen and oxygen atoms in total. The van der Waals surface area contributed by atoms with Crippen LogP contribution in [-0.2, 0) is 0 Å². The molecule has 2 fully saturated rings. The number of urea groups is 1. The number of carbonyl (C=O) groups excluding carboxylic acids is 1. The van der Waals surface area contributed by atoms with E-state index >= 15 is 0 Å². The van der Waals surface area contributed by atoms with Crippen LogP contribution in [0.1, 0.15) is 41.6 Å². The molecule has 1 atom stereocenters. The summed E-state index contributed by atoms with van der Waals surface area (Å²) < 4.78 is 0. The number of hydrogen-bond acceptors (Lipinski definition) is 4. The van der Waals surface area contributed by atoms with Gasteiger partial charge in [-0.25, -0.2) is 9.78 Å². The van der Waals surface area contributed by atoms with E-state index in [1.165, 1.54) is 4.88 Å². The van der Waals surface area contributed by atoms with Gasteiger partial charge >= 0.3 is 6.03 Å². The van der Waals surface area contributed by atoms with Crippen molar-refractivity contribution >= 4 is 17.4 Å². The van der Waals surface area contributed by atoms with Crippen molar-refractivity contribution in [1.29, 1.82) is 0 Å². The smallest absolute Gasteiger partial charge is 0.315 e. The molecule has 2 aliphatic rings. The van der Waals surface area contributed by atoms with Gasteiger partial charge in [-0.05, 0) is 38.5 Å². The number of carbonyl (C=O) groups is 1. The first kappa shape index (κ1) is 13.8. The van der Waals surface area contributed by atoms with E-state index in [2.05, 4.69) is 15.6 Å². The highest BCUT2D eigenvalue weighted by Crippen LogP contribution is 2.44. The number of aliphatic hydroxyl groups is 1. The molecule has 0 spiro atoms. The minimum atomic E-state index is -0.144. The van der Waals surface area contributed by atoms with Crippen molar-refractivity contribution in [3.8, 4) is 0 Å². The normalized spacial score (nSPS) is 21.3. The van der Waals surface area contributed by atoms with Crippen LogP contribution >= 0.6 is 11.3 Å². The second-order valence-electron chi connectivity index (χ2n) is 6.11. The highest BCUT2D eigenvalue weighted by atomic mass is 32.1. The Balaban J connectivity index is 1.55. The average molecular weight is 295 g/mol. The second kappa shape index (κ2) is 5.33. The van der Waals surface area contributed by atoms with Gasteiger partial charge in [0.15, 0.2) is 0 Å². The zero-order valence-electron chi connectivity index (χ0n) is 11.7. The third kappa shape index (κ3) is 3.12. The van der Waals surface area contributed by atoms with Crippen molar-refractivity contribution in [1.82, 2.24) is 15.6 Å². The van der Waals surface area contributed by atoms with Crippen molar-refractivity contribution in [3.63, 3.8) is 0 Å². The van der Waals surface area contributed by atoms with Gasteiger partial charge in [-0.15, -0.1) is 11.3 Å². The quantitative estimate of drug-likeness (QED) is 0.751. The highest BCUT2D eigenvalue weighted by Gasteiger charge is 2.42. The van der Waals surface area contributed by atoms with Gasteiger partial charge in [0.05, 0.1) is 12.6 Å². The molecule has 0 aromatic carbocycles. The van der Waals surface area contributed by atoms with Crippen LogP contribution in [0.3, 0.4) is 0 Å². The van der Waals surface area contributed by atoms with Crippen LogP contribution in [0.15, 0.2) is 6.20 Å². The van der Waals surface area contributed by atoms with Gasteiger partial charge in [-0.3, -0.25) is 0 Å².